The maximum atomic E-state index is 11.8. The molecule has 0 aromatic heterocycles. The number of hydrogen-bond acceptors (Lipinski definition) is 3. The molecule has 1 saturated carbocycles. The van der Waals surface area contributed by atoms with Gasteiger partial charge in [-0.3, -0.25) is 4.79 Å². The average Bonchev–Trinajstić information content (AvgIpc) is 2.98. The van der Waals surface area contributed by atoms with Crippen LogP contribution >= 0.6 is 0 Å². The van der Waals surface area contributed by atoms with E-state index in [9.17, 15) is 4.79 Å². The predicted molar refractivity (Wildman–Crippen MR) is 75.6 cm³/mol. The van der Waals surface area contributed by atoms with Crippen molar-refractivity contribution in [3.05, 3.63) is 0 Å². The first-order valence-corrected chi connectivity index (χ1v) is 7.15. The normalized spacial score (nSPS) is 17.2. The van der Waals surface area contributed by atoms with Gasteiger partial charge in [-0.25, -0.2) is 0 Å². The van der Waals surface area contributed by atoms with Gasteiger partial charge in [0, 0.05) is 31.6 Å². The second-order valence-corrected chi connectivity index (χ2v) is 6.13. The van der Waals surface area contributed by atoms with E-state index >= 15 is 0 Å². The molecule has 2 N–H and O–H groups in total. The first-order chi connectivity index (χ1) is 8.47. The molecular formula is C14H29N3O. The van der Waals surface area contributed by atoms with Gasteiger partial charge in [0.25, 0.3) is 0 Å². The molecule has 0 bridgehead atoms. The van der Waals surface area contributed by atoms with Crippen molar-refractivity contribution in [1.82, 2.24) is 15.5 Å². The molecule has 4 nitrogen and oxygen atoms in total. The first-order valence-electron chi connectivity index (χ1n) is 7.15. The number of likely N-dealkylation sites (N-methyl/N-ethyl adjacent to an activating group) is 1. The minimum absolute atomic E-state index is 0.177. The SMILES string of the molecule is CC(C)CC(CN(C)C)NC(=O)CCNC1CC1. The average molecular weight is 255 g/mol. The van der Waals surface area contributed by atoms with Gasteiger partial charge < -0.3 is 15.5 Å². The minimum Gasteiger partial charge on any atom is -0.352 e. The Kier molecular flexibility index (Phi) is 6.65. The fourth-order valence-corrected chi connectivity index (χ4v) is 2.17. The molecule has 0 spiro atoms. The van der Waals surface area contributed by atoms with E-state index < -0.39 is 0 Å². The Morgan fingerprint density at radius 1 is 1.33 bits per heavy atom. The van der Waals surface area contributed by atoms with Crippen molar-refractivity contribution in [2.24, 2.45) is 5.92 Å². The summed E-state index contributed by atoms with van der Waals surface area (Å²) < 4.78 is 0. The molecule has 0 aromatic rings. The third-order valence-electron chi connectivity index (χ3n) is 3.07. The highest BCUT2D eigenvalue weighted by atomic mass is 16.1. The second-order valence-electron chi connectivity index (χ2n) is 6.13. The van der Waals surface area contributed by atoms with Gasteiger partial charge in [0.1, 0.15) is 0 Å². The zero-order chi connectivity index (χ0) is 13.5. The van der Waals surface area contributed by atoms with E-state index in [0.29, 0.717) is 18.4 Å². The molecule has 18 heavy (non-hydrogen) atoms. The molecule has 1 atom stereocenters. The Morgan fingerprint density at radius 2 is 2.00 bits per heavy atom. The van der Waals surface area contributed by atoms with Crippen molar-refractivity contribution >= 4 is 5.91 Å². The molecule has 0 radical (unpaired) electrons. The van der Waals surface area contributed by atoms with E-state index in [1.54, 1.807) is 0 Å². The van der Waals surface area contributed by atoms with Gasteiger partial charge in [-0.15, -0.1) is 0 Å². The van der Waals surface area contributed by atoms with Crippen molar-refractivity contribution in [2.75, 3.05) is 27.2 Å². The summed E-state index contributed by atoms with van der Waals surface area (Å²) in [4.78, 5) is 14.0. The molecule has 4 heteroatoms. The second kappa shape index (κ2) is 7.74. The molecule has 0 heterocycles. The van der Waals surface area contributed by atoms with Crippen LogP contribution in [0.5, 0.6) is 0 Å². The lowest BCUT2D eigenvalue weighted by Gasteiger charge is -2.24. The van der Waals surface area contributed by atoms with Crippen molar-refractivity contribution in [3.8, 4) is 0 Å². The van der Waals surface area contributed by atoms with Gasteiger partial charge in [-0.05, 0) is 39.3 Å². The van der Waals surface area contributed by atoms with Gasteiger partial charge >= 0.3 is 0 Å². The van der Waals surface area contributed by atoms with Crippen LogP contribution in [0, 0.1) is 5.92 Å². The molecule has 0 aromatic carbocycles. The Hall–Kier alpha value is -0.610. The predicted octanol–water partition coefficient (Wildman–Crippen LogP) is 1.22. The number of carbonyl (C=O) groups is 1. The molecule has 0 aliphatic heterocycles. The van der Waals surface area contributed by atoms with Crippen LogP contribution in [0.25, 0.3) is 0 Å². The Morgan fingerprint density at radius 3 is 2.50 bits per heavy atom. The smallest absolute Gasteiger partial charge is 0.221 e. The van der Waals surface area contributed by atoms with Crippen LogP contribution in [0.15, 0.2) is 0 Å². The van der Waals surface area contributed by atoms with Crippen LogP contribution in [-0.4, -0.2) is 50.1 Å². The number of nitrogens with one attached hydrogen (secondary N) is 2. The third-order valence-corrected chi connectivity index (χ3v) is 3.07. The van der Waals surface area contributed by atoms with E-state index in [0.717, 1.165) is 19.5 Å². The van der Waals surface area contributed by atoms with E-state index in [1.165, 1.54) is 12.8 Å². The molecule has 1 rings (SSSR count). The minimum atomic E-state index is 0.177. The Labute approximate surface area is 111 Å². The Bertz CT molecular complexity index is 239. The van der Waals surface area contributed by atoms with Crippen LogP contribution < -0.4 is 10.6 Å². The maximum Gasteiger partial charge on any atom is 0.221 e. The fourth-order valence-electron chi connectivity index (χ4n) is 2.17. The quantitative estimate of drug-likeness (QED) is 0.651. The van der Waals surface area contributed by atoms with Gasteiger partial charge in [-0.2, -0.15) is 0 Å². The van der Waals surface area contributed by atoms with Crippen molar-refractivity contribution in [3.63, 3.8) is 0 Å². The number of hydrogen-bond donors (Lipinski definition) is 2. The lowest BCUT2D eigenvalue weighted by molar-refractivity contribution is -0.121. The summed E-state index contributed by atoms with van der Waals surface area (Å²) in [5.41, 5.74) is 0. The van der Waals surface area contributed by atoms with Crippen LogP contribution in [0.3, 0.4) is 0 Å². The van der Waals surface area contributed by atoms with Crippen LogP contribution in [0.2, 0.25) is 0 Å². The molecule has 1 fully saturated rings. The number of carbonyl (C=O) groups excluding carboxylic acids is 1. The van der Waals surface area contributed by atoms with Gasteiger partial charge in [0.05, 0.1) is 0 Å². The largest absolute Gasteiger partial charge is 0.352 e. The lowest BCUT2D eigenvalue weighted by Crippen LogP contribution is -2.43. The fraction of sp³-hybridized carbons (Fsp3) is 0.929. The topological polar surface area (TPSA) is 44.4 Å². The molecule has 1 aliphatic carbocycles. The monoisotopic (exact) mass is 255 g/mol. The van der Waals surface area contributed by atoms with E-state index in [1.807, 2.05) is 14.1 Å². The summed E-state index contributed by atoms with van der Waals surface area (Å²) in [7, 11) is 4.10. The highest BCUT2D eigenvalue weighted by molar-refractivity contribution is 5.76. The molecule has 1 unspecified atom stereocenters. The highest BCUT2D eigenvalue weighted by Crippen LogP contribution is 2.18. The number of nitrogens with zero attached hydrogens (tertiary/aromatic N) is 1. The summed E-state index contributed by atoms with van der Waals surface area (Å²) in [6, 6.07) is 0.958. The summed E-state index contributed by atoms with van der Waals surface area (Å²) in [5.74, 6) is 0.787. The van der Waals surface area contributed by atoms with Crippen molar-refractivity contribution < 1.29 is 4.79 Å². The van der Waals surface area contributed by atoms with Gasteiger partial charge in [0.2, 0.25) is 5.91 Å². The number of rotatable bonds is 9. The standard InChI is InChI=1S/C14H29N3O/c1-11(2)9-13(10-17(3)4)16-14(18)7-8-15-12-5-6-12/h11-13,15H,5-10H2,1-4H3,(H,16,18). The van der Waals surface area contributed by atoms with E-state index in [-0.39, 0.29) is 11.9 Å². The van der Waals surface area contributed by atoms with Gasteiger partial charge in [-0.1, -0.05) is 13.8 Å². The molecule has 0 saturated heterocycles. The Balaban J connectivity index is 2.21. The molecular weight excluding hydrogens is 226 g/mol. The maximum absolute atomic E-state index is 11.8. The molecule has 1 aliphatic rings. The van der Waals surface area contributed by atoms with Crippen LogP contribution in [-0.2, 0) is 4.79 Å². The first kappa shape index (κ1) is 15.4. The van der Waals surface area contributed by atoms with Crippen LogP contribution in [0.4, 0.5) is 0 Å². The summed E-state index contributed by atoms with van der Waals surface area (Å²) >= 11 is 0. The van der Waals surface area contributed by atoms with E-state index in [2.05, 4.69) is 29.4 Å². The summed E-state index contributed by atoms with van der Waals surface area (Å²) in [5, 5.41) is 6.52. The lowest BCUT2D eigenvalue weighted by atomic mass is 10.0. The summed E-state index contributed by atoms with van der Waals surface area (Å²) in [6.07, 6.45) is 4.19. The summed E-state index contributed by atoms with van der Waals surface area (Å²) in [6.45, 7) is 6.12. The van der Waals surface area contributed by atoms with Gasteiger partial charge in [0.15, 0.2) is 0 Å². The van der Waals surface area contributed by atoms with Crippen LogP contribution in [0.1, 0.15) is 39.5 Å². The van der Waals surface area contributed by atoms with Crippen molar-refractivity contribution in [2.45, 2.75) is 51.6 Å². The molecule has 1 amide bonds. The van der Waals surface area contributed by atoms with E-state index in [4.69, 9.17) is 0 Å². The number of amides is 1. The zero-order valence-electron chi connectivity index (χ0n) is 12.3. The van der Waals surface area contributed by atoms with Crippen molar-refractivity contribution in [1.29, 1.82) is 0 Å². The third kappa shape index (κ3) is 7.67. The zero-order valence-corrected chi connectivity index (χ0v) is 12.3. The highest BCUT2D eigenvalue weighted by Gasteiger charge is 2.20. The molecule has 106 valence electrons.